The Hall–Kier alpha value is -0.830. The predicted octanol–water partition coefficient (Wildman–Crippen LogP) is 2.99. The topological polar surface area (TPSA) is 17.8 Å². The molecule has 0 saturated carbocycles. The van der Waals surface area contributed by atoms with Gasteiger partial charge in [-0.15, -0.1) is 0 Å². The Bertz CT molecular complexity index is 434. The van der Waals surface area contributed by atoms with E-state index >= 15 is 0 Å². The molecule has 3 heteroatoms. The Morgan fingerprint density at radius 1 is 1.36 bits per heavy atom. The first-order valence-corrected chi connectivity index (χ1v) is 5.99. The van der Waals surface area contributed by atoms with Gasteiger partial charge >= 0.3 is 0 Å². The van der Waals surface area contributed by atoms with Gasteiger partial charge in [0.1, 0.15) is 5.82 Å². The summed E-state index contributed by atoms with van der Waals surface area (Å²) in [5.74, 6) is 1.17. The Balaban J connectivity index is 2.61. The molecule has 0 aliphatic rings. The monoisotopic (exact) mass is 252 g/mol. The van der Waals surface area contributed by atoms with E-state index in [-0.39, 0.29) is 0 Å². The van der Waals surface area contributed by atoms with E-state index in [1.165, 1.54) is 11.3 Å². The molecule has 14 heavy (non-hydrogen) atoms. The van der Waals surface area contributed by atoms with Gasteiger partial charge in [-0.25, -0.2) is 4.98 Å². The van der Waals surface area contributed by atoms with Gasteiger partial charge in [0.2, 0.25) is 0 Å². The Labute approximate surface area is 92.1 Å². The minimum absolute atomic E-state index is 0.973. The molecule has 0 saturated heterocycles. The maximum Gasteiger partial charge on any atom is 0.109 e. The van der Waals surface area contributed by atoms with Gasteiger partial charge in [0.15, 0.2) is 0 Å². The smallest absolute Gasteiger partial charge is 0.109 e. The lowest BCUT2D eigenvalue weighted by Gasteiger charge is -2.04. The molecule has 2 rings (SSSR count). The minimum Gasteiger partial charge on any atom is -0.327 e. The number of alkyl halides is 1. The van der Waals surface area contributed by atoms with E-state index in [2.05, 4.69) is 50.6 Å². The molecule has 0 aliphatic heterocycles. The zero-order chi connectivity index (χ0) is 9.97. The first-order valence-electron chi connectivity index (χ1n) is 4.87. The fourth-order valence-corrected chi connectivity index (χ4v) is 2.08. The van der Waals surface area contributed by atoms with Gasteiger partial charge in [0.05, 0.1) is 11.0 Å². The SMILES string of the molecule is CCc1nc2ccccc2n1CCBr. The summed E-state index contributed by atoms with van der Waals surface area (Å²) in [6, 6.07) is 8.30. The van der Waals surface area contributed by atoms with Crippen LogP contribution in [0.3, 0.4) is 0 Å². The fourth-order valence-electron chi connectivity index (χ4n) is 1.73. The van der Waals surface area contributed by atoms with Crippen molar-refractivity contribution < 1.29 is 0 Å². The molecule has 0 N–H and O–H groups in total. The summed E-state index contributed by atoms with van der Waals surface area (Å²) in [5.41, 5.74) is 2.34. The molecule has 1 heterocycles. The van der Waals surface area contributed by atoms with Crippen molar-refractivity contribution in [2.45, 2.75) is 19.9 Å². The minimum atomic E-state index is 0.973. The van der Waals surface area contributed by atoms with Gasteiger partial charge in [-0.2, -0.15) is 0 Å². The second-order valence-electron chi connectivity index (χ2n) is 3.21. The highest BCUT2D eigenvalue weighted by Gasteiger charge is 2.06. The van der Waals surface area contributed by atoms with Crippen LogP contribution in [0.15, 0.2) is 24.3 Å². The van der Waals surface area contributed by atoms with Crippen LogP contribution in [0.25, 0.3) is 11.0 Å². The summed E-state index contributed by atoms with van der Waals surface area (Å²) >= 11 is 3.47. The number of rotatable bonds is 3. The van der Waals surface area contributed by atoms with Crippen molar-refractivity contribution in [2.24, 2.45) is 0 Å². The number of benzene rings is 1. The molecule has 2 nitrogen and oxygen atoms in total. The van der Waals surface area contributed by atoms with Crippen LogP contribution < -0.4 is 0 Å². The summed E-state index contributed by atoms with van der Waals surface area (Å²) in [6.45, 7) is 3.13. The molecule has 1 aromatic heterocycles. The van der Waals surface area contributed by atoms with Gasteiger partial charge < -0.3 is 4.57 Å². The number of para-hydroxylation sites is 2. The quantitative estimate of drug-likeness (QED) is 0.769. The van der Waals surface area contributed by atoms with Crippen molar-refractivity contribution in [1.29, 1.82) is 0 Å². The summed E-state index contributed by atoms with van der Waals surface area (Å²) in [5, 5.41) is 0.973. The zero-order valence-electron chi connectivity index (χ0n) is 8.20. The van der Waals surface area contributed by atoms with Gasteiger partial charge in [-0.1, -0.05) is 35.0 Å². The summed E-state index contributed by atoms with van der Waals surface area (Å²) in [6.07, 6.45) is 0.988. The Morgan fingerprint density at radius 3 is 2.86 bits per heavy atom. The molecule has 0 amide bonds. The van der Waals surface area contributed by atoms with Crippen LogP contribution in [-0.4, -0.2) is 14.9 Å². The van der Waals surface area contributed by atoms with Crippen LogP contribution in [0.5, 0.6) is 0 Å². The predicted molar refractivity (Wildman–Crippen MR) is 62.9 cm³/mol. The molecule has 0 atom stereocenters. The lowest BCUT2D eigenvalue weighted by Crippen LogP contribution is -2.03. The first kappa shape index (κ1) is 9.71. The summed E-state index contributed by atoms with van der Waals surface area (Å²) in [4.78, 5) is 4.59. The van der Waals surface area contributed by atoms with Gasteiger partial charge in [0.25, 0.3) is 0 Å². The molecule has 2 aromatic rings. The van der Waals surface area contributed by atoms with E-state index < -0.39 is 0 Å². The maximum absolute atomic E-state index is 4.59. The van der Waals surface area contributed by atoms with E-state index in [0.29, 0.717) is 0 Å². The number of hydrogen-bond acceptors (Lipinski definition) is 1. The van der Waals surface area contributed by atoms with Crippen LogP contribution in [0.1, 0.15) is 12.7 Å². The lowest BCUT2D eigenvalue weighted by atomic mass is 10.3. The number of halogens is 1. The molecule has 0 radical (unpaired) electrons. The van der Waals surface area contributed by atoms with Crippen LogP contribution in [-0.2, 0) is 13.0 Å². The highest BCUT2D eigenvalue weighted by Crippen LogP contribution is 2.16. The third-order valence-electron chi connectivity index (χ3n) is 2.36. The van der Waals surface area contributed by atoms with Crippen LogP contribution in [0, 0.1) is 0 Å². The molecular weight excluding hydrogens is 240 g/mol. The second kappa shape index (κ2) is 4.13. The molecular formula is C11H13BrN2. The number of imidazole rings is 1. The van der Waals surface area contributed by atoms with Crippen molar-refractivity contribution in [3.8, 4) is 0 Å². The van der Waals surface area contributed by atoms with E-state index in [1.807, 2.05) is 6.07 Å². The van der Waals surface area contributed by atoms with E-state index in [1.54, 1.807) is 0 Å². The number of nitrogens with zero attached hydrogens (tertiary/aromatic N) is 2. The Morgan fingerprint density at radius 2 is 2.14 bits per heavy atom. The second-order valence-corrected chi connectivity index (χ2v) is 4.00. The third-order valence-corrected chi connectivity index (χ3v) is 2.71. The number of fused-ring (bicyclic) bond motifs is 1. The molecule has 0 bridgehead atoms. The maximum atomic E-state index is 4.59. The van der Waals surface area contributed by atoms with Gasteiger partial charge in [-0.05, 0) is 12.1 Å². The standard InChI is InChI=1S/C11H13BrN2/c1-2-11-13-9-5-3-4-6-10(9)14(11)8-7-12/h3-6H,2,7-8H2,1H3. The number of aromatic nitrogens is 2. The molecule has 0 aliphatic carbocycles. The first-order chi connectivity index (χ1) is 6.86. The molecule has 1 aromatic carbocycles. The van der Waals surface area contributed by atoms with Crippen LogP contribution in [0.2, 0.25) is 0 Å². The van der Waals surface area contributed by atoms with Crippen molar-refractivity contribution in [1.82, 2.24) is 9.55 Å². The normalized spacial score (nSPS) is 11.0. The van der Waals surface area contributed by atoms with Gasteiger partial charge in [0, 0.05) is 18.3 Å². The van der Waals surface area contributed by atoms with Gasteiger partial charge in [-0.3, -0.25) is 0 Å². The number of aryl methyl sites for hydroxylation is 2. The van der Waals surface area contributed by atoms with E-state index in [9.17, 15) is 0 Å². The average Bonchev–Trinajstić information content (AvgIpc) is 2.58. The average molecular weight is 253 g/mol. The van der Waals surface area contributed by atoms with E-state index in [4.69, 9.17) is 0 Å². The summed E-state index contributed by atoms with van der Waals surface area (Å²) < 4.78 is 2.28. The fraction of sp³-hybridized carbons (Fsp3) is 0.364. The van der Waals surface area contributed by atoms with Crippen molar-refractivity contribution in [3.63, 3.8) is 0 Å². The molecule has 0 fully saturated rings. The highest BCUT2D eigenvalue weighted by molar-refractivity contribution is 9.09. The molecule has 0 unspecified atom stereocenters. The molecule has 74 valence electrons. The highest BCUT2D eigenvalue weighted by atomic mass is 79.9. The zero-order valence-corrected chi connectivity index (χ0v) is 9.79. The van der Waals surface area contributed by atoms with Crippen molar-refractivity contribution >= 4 is 27.0 Å². The van der Waals surface area contributed by atoms with Crippen molar-refractivity contribution in [2.75, 3.05) is 5.33 Å². The largest absolute Gasteiger partial charge is 0.327 e. The lowest BCUT2D eigenvalue weighted by molar-refractivity contribution is 0.735. The van der Waals surface area contributed by atoms with Crippen molar-refractivity contribution in [3.05, 3.63) is 30.1 Å². The number of hydrogen-bond donors (Lipinski definition) is 0. The molecule has 0 spiro atoms. The summed E-state index contributed by atoms with van der Waals surface area (Å²) in [7, 11) is 0. The van der Waals surface area contributed by atoms with Crippen LogP contribution in [0.4, 0.5) is 0 Å². The Kier molecular flexibility index (Phi) is 2.87. The van der Waals surface area contributed by atoms with E-state index in [0.717, 1.165) is 23.8 Å². The van der Waals surface area contributed by atoms with Crippen LogP contribution >= 0.6 is 15.9 Å². The third kappa shape index (κ3) is 1.57.